The second-order valence-corrected chi connectivity index (χ2v) is 12.7. The molecule has 10 heteroatoms. The van der Waals surface area contributed by atoms with E-state index in [0.29, 0.717) is 48.3 Å². The Morgan fingerprint density at radius 1 is 1.23 bits per heavy atom. The maximum absolute atomic E-state index is 12.7. The molecule has 2 aliphatic rings. The van der Waals surface area contributed by atoms with Crippen LogP contribution in [0.3, 0.4) is 0 Å². The topological polar surface area (TPSA) is 109 Å². The lowest BCUT2D eigenvalue weighted by Crippen LogP contribution is -2.48. The van der Waals surface area contributed by atoms with Crippen LogP contribution >= 0.6 is 0 Å². The van der Waals surface area contributed by atoms with Crippen LogP contribution in [0.5, 0.6) is 5.75 Å². The number of amides is 1. The molecule has 1 amide bonds. The highest BCUT2D eigenvalue weighted by Gasteiger charge is 2.34. The second kappa shape index (κ2) is 11.6. The van der Waals surface area contributed by atoms with E-state index in [-0.39, 0.29) is 11.7 Å². The summed E-state index contributed by atoms with van der Waals surface area (Å²) in [6.45, 7) is 11.3. The summed E-state index contributed by atoms with van der Waals surface area (Å²) >= 11 is 0. The van der Waals surface area contributed by atoms with Gasteiger partial charge in [0.05, 0.1) is 40.0 Å². The van der Waals surface area contributed by atoms with Gasteiger partial charge in [-0.3, -0.25) is 14.1 Å². The number of carbonyl (C=O) groups excluding carboxylic acids is 1. The highest BCUT2D eigenvalue weighted by molar-refractivity contribution is 7.84. The molecule has 1 unspecified atom stereocenters. The molecule has 2 heterocycles. The number of aryl methyl sites for hydroxylation is 1. The molecule has 0 saturated heterocycles. The van der Waals surface area contributed by atoms with Crippen molar-refractivity contribution in [3.8, 4) is 5.75 Å². The normalized spacial score (nSPS) is 18.0. The Hall–Kier alpha value is -3.11. The van der Waals surface area contributed by atoms with Gasteiger partial charge < -0.3 is 14.6 Å². The van der Waals surface area contributed by atoms with Gasteiger partial charge >= 0.3 is 12.1 Å². The number of carboxylic acid groups (broad SMARTS) is 1. The van der Waals surface area contributed by atoms with Crippen molar-refractivity contribution in [3.63, 3.8) is 0 Å². The number of nitrogens with zero attached hydrogens (tertiary/aromatic N) is 3. The van der Waals surface area contributed by atoms with Crippen LogP contribution in [0.15, 0.2) is 35.4 Å². The van der Waals surface area contributed by atoms with Gasteiger partial charge in [-0.15, -0.1) is 4.58 Å². The Balaban J connectivity index is 1.61. The molecule has 1 aromatic carbocycles. The highest BCUT2D eigenvalue weighted by Crippen LogP contribution is 2.40. The third-order valence-corrected chi connectivity index (χ3v) is 7.82. The Labute approximate surface area is 232 Å². The smallest absolute Gasteiger partial charge is 0.481 e. The van der Waals surface area contributed by atoms with Gasteiger partial charge in [0.15, 0.2) is 18.4 Å². The largest absolute Gasteiger partial charge is 0.596 e. The summed E-state index contributed by atoms with van der Waals surface area (Å²) in [7, 11) is -1.47. The zero-order chi connectivity index (χ0) is 28.5. The van der Waals surface area contributed by atoms with E-state index in [4.69, 9.17) is 14.5 Å². The van der Waals surface area contributed by atoms with Crippen molar-refractivity contribution in [1.82, 2.24) is 9.88 Å². The number of aromatic carboxylic acids is 1. The summed E-state index contributed by atoms with van der Waals surface area (Å²) in [4.78, 5) is 31.6. The molecule has 1 saturated carbocycles. The fourth-order valence-electron chi connectivity index (χ4n) is 4.69. The molecule has 0 radical (unpaired) electrons. The molecule has 4 rings (SSSR count). The van der Waals surface area contributed by atoms with E-state index in [9.17, 15) is 18.9 Å². The average Bonchev–Trinajstić information content (AvgIpc) is 3.68. The number of hydrogen-bond acceptors (Lipinski definition) is 7. The number of hydrogen-bond donors (Lipinski definition) is 1. The minimum Gasteiger partial charge on any atom is -0.481 e. The molecule has 0 spiro atoms. The van der Waals surface area contributed by atoms with Gasteiger partial charge in [0.2, 0.25) is 0 Å². The Kier molecular flexibility index (Phi) is 8.56. The van der Waals surface area contributed by atoms with Gasteiger partial charge in [0.25, 0.3) is 0 Å². The Morgan fingerprint density at radius 3 is 2.49 bits per heavy atom. The molecule has 1 fully saturated rings. The van der Waals surface area contributed by atoms with Crippen LogP contribution in [0.2, 0.25) is 0 Å². The van der Waals surface area contributed by atoms with Crippen molar-refractivity contribution < 1.29 is 33.0 Å². The lowest BCUT2D eigenvalue weighted by Gasteiger charge is -2.30. The van der Waals surface area contributed by atoms with E-state index < -0.39 is 28.5 Å². The number of pyridine rings is 1. The zero-order valence-corrected chi connectivity index (χ0v) is 24.3. The predicted molar refractivity (Wildman–Crippen MR) is 149 cm³/mol. The maximum atomic E-state index is 12.7. The van der Waals surface area contributed by atoms with Crippen LogP contribution in [0.4, 0.5) is 4.79 Å². The molecule has 1 N–H and O–H groups in total. The van der Waals surface area contributed by atoms with E-state index in [2.05, 4.69) is 11.0 Å². The maximum Gasteiger partial charge on any atom is 0.596 e. The van der Waals surface area contributed by atoms with Crippen molar-refractivity contribution in [1.29, 1.82) is 0 Å². The number of rotatable bonds is 8. The minimum atomic E-state index is -1.47. The van der Waals surface area contributed by atoms with Crippen molar-refractivity contribution in [3.05, 3.63) is 52.8 Å². The third kappa shape index (κ3) is 7.30. The van der Waals surface area contributed by atoms with Gasteiger partial charge in [-0.25, -0.2) is 4.79 Å². The van der Waals surface area contributed by atoms with Crippen LogP contribution in [0.1, 0.15) is 79.7 Å². The SMILES string of the molecule is CC1=[N+](C(=O)OC(C)(C)C)CCN(C[C@@H](Oc2cc(C)c(C(=O)O)cc2S(C)=O)c2ccc(C3CC3)cn2)C1. The lowest BCUT2D eigenvalue weighted by atomic mass is 10.1. The predicted octanol–water partition coefficient (Wildman–Crippen LogP) is 4.55. The number of benzene rings is 1. The molecule has 1 aromatic heterocycles. The van der Waals surface area contributed by atoms with Crippen LogP contribution in [0.25, 0.3) is 0 Å². The quantitative estimate of drug-likeness (QED) is 0.472. The molecule has 2 atom stereocenters. The molecule has 9 nitrogen and oxygen atoms in total. The summed E-state index contributed by atoms with van der Waals surface area (Å²) in [5, 5.41) is 9.57. The summed E-state index contributed by atoms with van der Waals surface area (Å²) in [5.41, 5.74) is 2.88. The van der Waals surface area contributed by atoms with Gasteiger partial charge in [-0.1, -0.05) is 6.07 Å². The first-order chi connectivity index (χ1) is 18.3. The number of carboxylic acids is 1. The molecule has 1 aliphatic carbocycles. The minimum absolute atomic E-state index is 0.0968. The first-order valence-electron chi connectivity index (χ1n) is 13.2. The van der Waals surface area contributed by atoms with Crippen LogP contribution in [-0.2, 0) is 15.5 Å². The van der Waals surface area contributed by atoms with E-state index in [0.717, 1.165) is 11.4 Å². The summed E-state index contributed by atoms with van der Waals surface area (Å²) in [5.74, 6) is -0.123. The molecule has 2 aromatic rings. The number of aromatic nitrogens is 1. The van der Waals surface area contributed by atoms with Gasteiger partial charge in [-0.05, 0) is 75.8 Å². The fraction of sp³-hybridized carbons (Fsp3) is 0.517. The molecule has 210 valence electrons. The van der Waals surface area contributed by atoms with E-state index in [1.54, 1.807) is 17.6 Å². The first-order valence-corrected chi connectivity index (χ1v) is 14.8. The fourth-order valence-corrected chi connectivity index (χ4v) is 5.37. The van der Waals surface area contributed by atoms with Crippen LogP contribution in [-0.4, -0.2) is 79.6 Å². The number of carbonyl (C=O) groups is 2. The highest BCUT2D eigenvalue weighted by atomic mass is 32.2. The van der Waals surface area contributed by atoms with Crippen molar-refractivity contribution in [2.45, 2.75) is 70.0 Å². The van der Waals surface area contributed by atoms with Crippen LogP contribution in [0, 0.1) is 6.92 Å². The zero-order valence-electron chi connectivity index (χ0n) is 23.5. The van der Waals surface area contributed by atoms with E-state index in [1.807, 2.05) is 40.0 Å². The van der Waals surface area contributed by atoms with E-state index in [1.165, 1.54) is 30.7 Å². The summed E-state index contributed by atoms with van der Waals surface area (Å²) in [6.07, 6.45) is 4.91. The molecule has 1 aliphatic heterocycles. The van der Waals surface area contributed by atoms with Crippen molar-refractivity contribution in [2.75, 3.05) is 32.4 Å². The Bertz CT molecular complexity index is 1310. The third-order valence-electron chi connectivity index (χ3n) is 6.88. The van der Waals surface area contributed by atoms with E-state index >= 15 is 0 Å². The molecule has 39 heavy (non-hydrogen) atoms. The Morgan fingerprint density at radius 2 is 1.95 bits per heavy atom. The lowest BCUT2D eigenvalue weighted by molar-refractivity contribution is -0.458. The second-order valence-electron chi connectivity index (χ2n) is 11.4. The monoisotopic (exact) mass is 556 g/mol. The van der Waals surface area contributed by atoms with Crippen molar-refractivity contribution in [2.24, 2.45) is 0 Å². The molecule has 0 bridgehead atoms. The first kappa shape index (κ1) is 28.9. The number of ether oxygens (including phenoxy) is 2. The summed E-state index contributed by atoms with van der Waals surface area (Å²) < 4.78 is 26.3. The van der Waals surface area contributed by atoms with Crippen molar-refractivity contribution >= 4 is 28.6 Å². The van der Waals surface area contributed by atoms with Gasteiger partial charge in [0, 0.05) is 25.9 Å². The van der Waals surface area contributed by atoms with Crippen LogP contribution < -0.4 is 4.74 Å². The van der Waals surface area contributed by atoms with Gasteiger partial charge in [0.1, 0.15) is 11.4 Å². The van der Waals surface area contributed by atoms with Gasteiger partial charge in [-0.2, -0.15) is 4.79 Å². The molecular formula is C29H38N3O6S+. The standard InChI is InChI=1S/C29H37N3O6S/c1-18-13-24(26(39(6)36)14-22(18)27(33)34)37-25(23-10-9-21(15-30-23)20-7-8-20)17-31-11-12-32(19(2)16-31)28(35)38-29(3,4)5/h9-10,13-15,20,25H,7-8,11-12,16-17H2,1-6H3/p+1/t25-,39?/m1/s1. The molecular weight excluding hydrogens is 518 g/mol. The average molecular weight is 557 g/mol. The summed E-state index contributed by atoms with van der Waals surface area (Å²) in [6, 6.07) is 7.14.